The SMILES string of the molecule is COc1cncc(OC2CCCN(C(=O)c3nc4nc(C)cc(C)n4n3)C2)n1. The number of likely N-dealkylation sites (tertiary alicyclic amines) is 1. The first-order valence-electron chi connectivity index (χ1n) is 9.06. The number of piperidine rings is 1. The molecule has 0 aromatic carbocycles. The maximum atomic E-state index is 12.9. The molecule has 4 heterocycles. The number of aryl methyl sites for hydroxylation is 2. The molecule has 4 rings (SSSR count). The van der Waals surface area contributed by atoms with Gasteiger partial charge < -0.3 is 14.4 Å². The van der Waals surface area contributed by atoms with E-state index in [0.29, 0.717) is 30.6 Å². The molecule has 0 bridgehead atoms. The first-order valence-corrected chi connectivity index (χ1v) is 9.06. The van der Waals surface area contributed by atoms with Crippen LogP contribution in [0.4, 0.5) is 0 Å². The summed E-state index contributed by atoms with van der Waals surface area (Å²) in [6.07, 6.45) is 4.50. The Bertz CT molecular complexity index is 1020. The molecule has 0 aliphatic carbocycles. The lowest BCUT2D eigenvalue weighted by Gasteiger charge is -2.31. The number of carbonyl (C=O) groups excluding carboxylic acids is 1. The van der Waals surface area contributed by atoms with Gasteiger partial charge in [0.1, 0.15) is 6.10 Å². The molecule has 1 amide bonds. The lowest BCUT2D eigenvalue weighted by molar-refractivity contribution is 0.0515. The molecular formula is C18H21N7O3. The molecule has 1 atom stereocenters. The quantitative estimate of drug-likeness (QED) is 0.662. The lowest BCUT2D eigenvalue weighted by atomic mass is 10.1. The average Bonchev–Trinajstić information content (AvgIpc) is 3.12. The van der Waals surface area contributed by atoms with Crippen LogP contribution in [-0.2, 0) is 0 Å². The van der Waals surface area contributed by atoms with Crippen LogP contribution in [0.3, 0.4) is 0 Å². The number of methoxy groups -OCH3 is 1. The van der Waals surface area contributed by atoms with Gasteiger partial charge in [-0.3, -0.25) is 9.78 Å². The Morgan fingerprint density at radius 2 is 2.00 bits per heavy atom. The van der Waals surface area contributed by atoms with Gasteiger partial charge >= 0.3 is 0 Å². The van der Waals surface area contributed by atoms with Crippen LogP contribution in [0.15, 0.2) is 18.5 Å². The molecule has 28 heavy (non-hydrogen) atoms. The van der Waals surface area contributed by atoms with Crippen molar-refractivity contribution in [3.05, 3.63) is 35.7 Å². The zero-order valence-electron chi connectivity index (χ0n) is 16.0. The van der Waals surface area contributed by atoms with Crippen LogP contribution in [0.1, 0.15) is 34.8 Å². The second kappa shape index (κ2) is 7.37. The van der Waals surface area contributed by atoms with Crippen molar-refractivity contribution in [1.29, 1.82) is 0 Å². The molecule has 10 heteroatoms. The monoisotopic (exact) mass is 383 g/mol. The summed E-state index contributed by atoms with van der Waals surface area (Å²) in [5.74, 6) is 1.10. The van der Waals surface area contributed by atoms with Crippen molar-refractivity contribution in [3.63, 3.8) is 0 Å². The topological polar surface area (TPSA) is 108 Å². The number of ether oxygens (including phenoxy) is 2. The minimum absolute atomic E-state index is 0.142. The van der Waals surface area contributed by atoms with E-state index in [0.717, 1.165) is 24.2 Å². The van der Waals surface area contributed by atoms with E-state index in [2.05, 4.69) is 25.0 Å². The van der Waals surface area contributed by atoms with E-state index in [9.17, 15) is 4.79 Å². The third-order valence-electron chi connectivity index (χ3n) is 4.56. The minimum Gasteiger partial charge on any atom is -0.480 e. The first kappa shape index (κ1) is 18.1. The van der Waals surface area contributed by atoms with Crippen LogP contribution in [0.5, 0.6) is 11.8 Å². The van der Waals surface area contributed by atoms with Gasteiger partial charge in [0.15, 0.2) is 0 Å². The fourth-order valence-corrected chi connectivity index (χ4v) is 3.27. The van der Waals surface area contributed by atoms with Crippen LogP contribution in [-0.4, -0.2) is 66.7 Å². The Morgan fingerprint density at radius 3 is 2.82 bits per heavy atom. The highest BCUT2D eigenvalue weighted by Crippen LogP contribution is 2.19. The number of rotatable bonds is 4. The van der Waals surface area contributed by atoms with E-state index in [1.807, 2.05) is 19.9 Å². The molecule has 0 saturated carbocycles. The highest BCUT2D eigenvalue weighted by Gasteiger charge is 2.28. The molecule has 1 fully saturated rings. The average molecular weight is 383 g/mol. The summed E-state index contributed by atoms with van der Waals surface area (Å²) in [6, 6.07) is 1.90. The highest BCUT2D eigenvalue weighted by atomic mass is 16.5. The van der Waals surface area contributed by atoms with Gasteiger partial charge in [-0.15, -0.1) is 5.10 Å². The van der Waals surface area contributed by atoms with Crippen LogP contribution < -0.4 is 9.47 Å². The Labute approximate surface area is 161 Å². The number of hydrogen-bond acceptors (Lipinski definition) is 8. The van der Waals surface area contributed by atoms with E-state index < -0.39 is 0 Å². The van der Waals surface area contributed by atoms with Crippen molar-refractivity contribution in [2.45, 2.75) is 32.8 Å². The van der Waals surface area contributed by atoms with Gasteiger partial charge in [-0.1, -0.05) is 0 Å². The predicted octanol–water partition coefficient (Wildman–Crippen LogP) is 1.22. The second-order valence-corrected chi connectivity index (χ2v) is 6.72. The standard InChI is InChI=1S/C18H21N7O3/c1-11-7-12(2)25-18(20-11)22-16(23-25)17(26)24-6-4-5-13(10-24)28-15-9-19-8-14(21-15)27-3/h7-9,13H,4-6,10H2,1-3H3. The zero-order valence-corrected chi connectivity index (χ0v) is 16.0. The van der Waals surface area contributed by atoms with Crippen molar-refractivity contribution >= 4 is 11.7 Å². The van der Waals surface area contributed by atoms with E-state index in [4.69, 9.17) is 9.47 Å². The summed E-state index contributed by atoms with van der Waals surface area (Å²) < 4.78 is 12.6. The van der Waals surface area contributed by atoms with Crippen LogP contribution in [0.2, 0.25) is 0 Å². The molecule has 1 saturated heterocycles. The Kier molecular flexibility index (Phi) is 4.76. The first-order chi connectivity index (χ1) is 13.5. The van der Waals surface area contributed by atoms with E-state index in [-0.39, 0.29) is 17.8 Å². The van der Waals surface area contributed by atoms with Crippen LogP contribution in [0.25, 0.3) is 5.78 Å². The van der Waals surface area contributed by atoms with E-state index in [1.165, 1.54) is 19.5 Å². The number of nitrogens with zero attached hydrogens (tertiary/aromatic N) is 7. The molecular weight excluding hydrogens is 362 g/mol. The molecule has 0 spiro atoms. The maximum absolute atomic E-state index is 12.9. The molecule has 10 nitrogen and oxygen atoms in total. The van der Waals surface area contributed by atoms with Crippen molar-refractivity contribution in [2.75, 3.05) is 20.2 Å². The Balaban J connectivity index is 1.49. The molecule has 3 aromatic rings. The Hall–Kier alpha value is -3.30. The predicted molar refractivity (Wildman–Crippen MR) is 98.4 cm³/mol. The van der Waals surface area contributed by atoms with Crippen molar-refractivity contribution in [3.8, 4) is 11.8 Å². The molecule has 146 valence electrons. The summed E-state index contributed by atoms with van der Waals surface area (Å²) in [5.41, 5.74) is 1.72. The zero-order chi connectivity index (χ0) is 19.7. The van der Waals surface area contributed by atoms with Gasteiger partial charge in [0.2, 0.25) is 17.6 Å². The largest absolute Gasteiger partial charge is 0.480 e. The lowest BCUT2D eigenvalue weighted by Crippen LogP contribution is -2.44. The third-order valence-corrected chi connectivity index (χ3v) is 4.56. The summed E-state index contributed by atoms with van der Waals surface area (Å²) in [6.45, 7) is 4.85. The summed E-state index contributed by atoms with van der Waals surface area (Å²) in [7, 11) is 1.52. The van der Waals surface area contributed by atoms with Crippen molar-refractivity contribution in [2.24, 2.45) is 0 Å². The number of carbonyl (C=O) groups is 1. The fraction of sp³-hybridized carbons (Fsp3) is 0.444. The highest BCUT2D eigenvalue weighted by molar-refractivity contribution is 5.91. The van der Waals surface area contributed by atoms with Crippen LogP contribution in [0, 0.1) is 13.8 Å². The molecule has 1 aliphatic heterocycles. The van der Waals surface area contributed by atoms with Gasteiger partial charge in [-0.25, -0.2) is 9.50 Å². The third kappa shape index (κ3) is 3.57. The van der Waals surface area contributed by atoms with Crippen LogP contribution >= 0.6 is 0 Å². The minimum atomic E-state index is -0.229. The second-order valence-electron chi connectivity index (χ2n) is 6.72. The van der Waals surface area contributed by atoms with Gasteiger partial charge in [0.25, 0.3) is 11.7 Å². The molecule has 0 N–H and O–H groups in total. The molecule has 1 unspecified atom stereocenters. The normalized spacial score (nSPS) is 17.0. The molecule has 0 radical (unpaired) electrons. The van der Waals surface area contributed by atoms with Crippen molar-refractivity contribution < 1.29 is 14.3 Å². The van der Waals surface area contributed by atoms with Gasteiger partial charge in [0.05, 0.1) is 26.0 Å². The van der Waals surface area contributed by atoms with Gasteiger partial charge in [0, 0.05) is 17.9 Å². The summed E-state index contributed by atoms with van der Waals surface area (Å²) >= 11 is 0. The number of fused-ring (bicyclic) bond motifs is 1. The number of aromatic nitrogens is 6. The summed E-state index contributed by atoms with van der Waals surface area (Å²) in [4.78, 5) is 31.5. The van der Waals surface area contributed by atoms with Gasteiger partial charge in [-0.2, -0.15) is 9.97 Å². The smallest absolute Gasteiger partial charge is 0.293 e. The van der Waals surface area contributed by atoms with E-state index >= 15 is 0 Å². The van der Waals surface area contributed by atoms with Crippen molar-refractivity contribution in [1.82, 2.24) is 34.4 Å². The molecule has 1 aliphatic rings. The van der Waals surface area contributed by atoms with Gasteiger partial charge in [-0.05, 0) is 32.8 Å². The fourth-order valence-electron chi connectivity index (χ4n) is 3.27. The molecule has 3 aromatic heterocycles. The number of amides is 1. The number of hydrogen-bond donors (Lipinski definition) is 0. The Morgan fingerprint density at radius 1 is 1.18 bits per heavy atom. The van der Waals surface area contributed by atoms with E-state index in [1.54, 1.807) is 9.42 Å². The summed E-state index contributed by atoms with van der Waals surface area (Å²) in [5, 5.41) is 4.33. The maximum Gasteiger partial charge on any atom is 0.293 e.